The van der Waals surface area contributed by atoms with Crippen LogP contribution in [0.5, 0.6) is 0 Å². The van der Waals surface area contributed by atoms with Gasteiger partial charge in [-0.25, -0.2) is 0 Å². The Labute approximate surface area is 96.2 Å². The van der Waals surface area contributed by atoms with Crippen molar-refractivity contribution < 1.29 is 13.3 Å². The van der Waals surface area contributed by atoms with E-state index in [1.807, 2.05) is 36.9 Å². The Morgan fingerprint density at radius 1 is 1.00 bits per heavy atom. The van der Waals surface area contributed by atoms with Gasteiger partial charge in [0.05, 0.1) is 0 Å². The molecular weight excluding hydrogens is 224 g/mol. The van der Waals surface area contributed by atoms with Crippen LogP contribution in [0.4, 0.5) is 0 Å². The van der Waals surface area contributed by atoms with Gasteiger partial charge in [0.1, 0.15) is 10.5 Å². The second-order valence-corrected chi connectivity index (χ2v) is 7.23. The maximum Gasteiger partial charge on any atom is 0.368 e. The van der Waals surface area contributed by atoms with Crippen LogP contribution in [0, 0.1) is 0 Å². The van der Waals surface area contributed by atoms with Crippen molar-refractivity contribution in [1.29, 1.82) is 0 Å². The number of benzene rings is 1. The van der Waals surface area contributed by atoms with E-state index < -0.39 is 8.56 Å². The van der Waals surface area contributed by atoms with Gasteiger partial charge < -0.3 is 13.3 Å². The Morgan fingerprint density at radius 2 is 1.40 bits per heavy atom. The zero-order chi connectivity index (χ0) is 11.7. The molecule has 0 radical (unpaired) electrons. The lowest BCUT2D eigenvalue weighted by molar-refractivity contribution is 0.265. The molecule has 0 amide bonds. The van der Waals surface area contributed by atoms with Crippen molar-refractivity contribution in [2.75, 3.05) is 21.3 Å². The molecule has 1 aromatic carbocycles. The van der Waals surface area contributed by atoms with Crippen LogP contribution in [0.2, 0.25) is 6.55 Å². The van der Waals surface area contributed by atoms with Crippen LogP contribution in [0.15, 0.2) is 30.3 Å². The zero-order valence-electron chi connectivity index (χ0n) is 10.1. The molecule has 0 fully saturated rings. The Kier molecular flexibility index (Phi) is 7.54. The molecular formula is C10H20O3Si2. The van der Waals surface area contributed by atoms with E-state index in [1.54, 1.807) is 21.3 Å². The highest BCUT2D eigenvalue weighted by atomic mass is 28.4. The molecule has 0 unspecified atom stereocenters. The van der Waals surface area contributed by atoms with E-state index in [0.29, 0.717) is 0 Å². The molecule has 1 aromatic rings. The van der Waals surface area contributed by atoms with E-state index in [9.17, 15) is 0 Å². The van der Waals surface area contributed by atoms with Gasteiger partial charge in [-0.15, -0.1) is 0 Å². The Hall–Kier alpha value is -0.466. The first-order valence-corrected chi connectivity index (χ1v) is 7.83. The highest BCUT2D eigenvalue weighted by Gasteiger charge is 2.30. The molecule has 0 aliphatic heterocycles. The van der Waals surface area contributed by atoms with Gasteiger partial charge in [0.15, 0.2) is 0 Å². The summed E-state index contributed by atoms with van der Waals surface area (Å²) in [5.74, 6) is 0. The summed E-state index contributed by atoms with van der Waals surface area (Å²) in [6.07, 6.45) is 0. The fraction of sp³-hybridized carbons (Fsp3) is 0.400. The molecule has 3 nitrogen and oxygen atoms in total. The maximum atomic E-state index is 5.39. The van der Waals surface area contributed by atoms with Crippen LogP contribution in [0.3, 0.4) is 0 Å². The molecule has 15 heavy (non-hydrogen) atoms. The Morgan fingerprint density at radius 3 is 1.73 bits per heavy atom. The first-order chi connectivity index (χ1) is 7.14. The van der Waals surface area contributed by atoms with Gasteiger partial charge in [-0.1, -0.05) is 30.3 Å². The molecule has 86 valence electrons. The van der Waals surface area contributed by atoms with E-state index in [4.69, 9.17) is 8.85 Å². The second kappa shape index (κ2) is 7.78. The minimum absolute atomic E-state index is 0.869. The van der Waals surface area contributed by atoms with Crippen LogP contribution in [-0.4, -0.2) is 40.4 Å². The third-order valence-corrected chi connectivity index (χ3v) is 5.02. The molecule has 0 atom stereocenters. The summed E-state index contributed by atoms with van der Waals surface area (Å²) in [6, 6.07) is 10.1. The largest absolute Gasteiger partial charge is 0.431 e. The van der Waals surface area contributed by atoms with E-state index >= 15 is 0 Å². The molecule has 0 N–H and O–H groups in total. The van der Waals surface area contributed by atoms with Crippen molar-refractivity contribution in [3.63, 3.8) is 0 Å². The molecule has 0 aromatic heterocycles. The summed E-state index contributed by atoms with van der Waals surface area (Å²) in [5.41, 5.74) is 0. The number of rotatable bonds is 3. The van der Waals surface area contributed by atoms with Gasteiger partial charge in [0.2, 0.25) is 0 Å². The van der Waals surface area contributed by atoms with Crippen LogP contribution < -0.4 is 5.19 Å². The summed E-state index contributed by atoms with van der Waals surface area (Å²) in [7, 11) is 3.88. The van der Waals surface area contributed by atoms with Crippen molar-refractivity contribution in [3.05, 3.63) is 30.3 Å². The molecule has 0 saturated carbocycles. The predicted molar refractivity (Wildman–Crippen MR) is 68.7 cm³/mol. The lowest BCUT2D eigenvalue weighted by Gasteiger charge is -2.22. The van der Waals surface area contributed by atoms with Gasteiger partial charge >= 0.3 is 8.56 Å². The maximum absolute atomic E-state index is 5.39. The van der Waals surface area contributed by atoms with Gasteiger partial charge in [-0.3, -0.25) is 0 Å². The molecule has 0 heterocycles. The Bertz CT molecular complexity index is 250. The Balaban J connectivity index is 0.000000583. The second-order valence-electron chi connectivity index (χ2n) is 3.13. The highest BCUT2D eigenvalue weighted by molar-refractivity contribution is 6.79. The van der Waals surface area contributed by atoms with Crippen molar-refractivity contribution in [2.24, 2.45) is 0 Å². The summed E-state index contributed by atoms with van der Waals surface area (Å²) in [5, 5.41) is 1.16. The average molecular weight is 244 g/mol. The minimum atomic E-state index is -2.07. The highest BCUT2D eigenvalue weighted by Crippen LogP contribution is 2.04. The lowest BCUT2D eigenvalue weighted by Crippen LogP contribution is -2.49. The number of hydrogen-bond acceptors (Lipinski definition) is 3. The van der Waals surface area contributed by atoms with Crippen molar-refractivity contribution in [2.45, 2.75) is 6.55 Å². The van der Waals surface area contributed by atoms with Gasteiger partial charge in [0, 0.05) is 21.3 Å². The first-order valence-electron chi connectivity index (χ1n) is 4.70. The van der Waals surface area contributed by atoms with Crippen LogP contribution >= 0.6 is 0 Å². The van der Waals surface area contributed by atoms with Crippen LogP contribution in [0.25, 0.3) is 0 Å². The normalized spacial score (nSPS) is 10.7. The summed E-state index contributed by atoms with van der Waals surface area (Å²) in [4.78, 5) is 0. The van der Waals surface area contributed by atoms with Crippen molar-refractivity contribution >= 4 is 24.2 Å². The molecule has 1 rings (SSSR count). The van der Waals surface area contributed by atoms with Gasteiger partial charge in [0.25, 0.3) is 0 Å². The summed E-state index contributed by atoms with van der Waals surface area (Å²) < 4.78 is 15.2. The molecule has 0 saturated heterocycles. The monoisotopic (exact) mass is 244 g/mol. The quantitative estimate of drug-likeness (QED) is 0.710. The van der Waals surface area contributed by atoms with E-state index in [1.165, 1.54) is 0 Å². The first kappa shape index (κ1) is 14.5. The van der Waals surface area contributed by atoms with Crippen LogP contribution in [0.1, 0.15) is 0 Å². The van der Waals surface area contributed by atoms with E-state index in [-0.39, 0.29) is 0 Å². The van der Waals surface area contributed by atoms with E-state index in [0.717, 1.165) is 15.7 Å². The van der Waals surface area contributed by atoms with Crippen LogP contribution in [-0.2, 0) is 13.3 Å². The van der Waals surface area contributed by atoms with E-state index in [2.05, 4.69) is 4.43 Å². The molecule has 0 aliphatic rings. The SMILES string of the molecule is CO[SiH3].CO[Si](C)(OC)c1ccccc1. The van der Waals surface area contributed by atoms with Gasteiger partial charge in [-0.05, 0) is 11.7 Å². The predicted octanol–water partition coefficient (Wildman–Crippen LogP) is 0.172. The average Bonchev–Trinajstić information content (AvgIpc) is 2.30. The summed E-state index contributed by atoms with van der Waals surface area (Å²) >= 11 is 0. The van der Waals surface area contributed by atoms with Crippen molar-refractivity contribution in [1.82, 2.24) is 0 Å². The molecule has 0 spiro atoms. The fourth-order valence-electron chi connectivity index (χ4n) is 1.06. The standard InChI is InChI=1S/C9H14O2Si.CH6OSi/c1-10-12(3,11-2)9-7-5-4-6-8-9;1-2-3/h4-8H,1-3H3;1,3H3. The van der Waals surface area contributed by atoms with Crippen molar-refractivity contribution in [3.8, 4) is 0 Å². The molecule has 0 bridgehead atoms. The fourth-order valence-corrected chi connectivity index (χ4v) is 2.50. The third kappa shape index (κ3) is 4.72. The zero-order valence-corrected chi connectivity index (χ0v) is 13.1. The summed E-state index contributed by atoms with van der Waals surface area (Å²) in [6.45, 7) is 2.03. The number of hydrogen-bond donors (Lipinski definition) is 0. The molecule has 0 aliphatic carbocycles. The molecule has 5 heteroatoms. The minimum Gasteiger partial charge on any atom is -0.431 e. The van der Waals surface area contributed by atoms with Gasteiger partial charge in [-0.2, -0.15) is 0 Å². The topological polar surface area (TPSA) is 27.7 Å². The third-order valence-electron chi connectivity index (χ3n) is 2.08. The lowest BCUT2D eigenvalue weighted by atomic mass is 10.4. The smallest absolute Gasteiger partial charge is 0.368 e.